The number of rotatable bonds is 7. The van der Waals surface area contributed by atoms with Crippen LogP contribution in [0.4, 0.5) is 9.93 Å². The highest BCUT2D eigenvalue weighted by Gasteiger charge is 2.35. The summed E-state index contributed by atoms with van der Waals surface area (Å²) in [5, 5.41) is 3.50. The molecule has 1 saturated heterocycles. The molecule has 2 fully saturated rings. The Labute approximate surface area is 192 Å². The summed E-state index contributed by atoms with van der Waals surface area (Å²) in [5.41, 5.74) is 0. The van der Waals surface area contributed by atoms with Gasteiger partial charge in [0.1, 0.15) is 0 Å². The number of esters is 1. The minimum atomic E-state index is -0.262. The van der Waals surface area contributed by atoms with E-state index in [9.17, 15) is 14.4 Å². The maximum atomic E-state index is 13.3. The van der Waals surface area contributed by atoms with E-state index in [2.05, 4.69) is 10.3 Å². The topological polar surface area (TPSA) is 91.8 Å². The van der Waals surface area contributed by atoms with Crippen molar-refractivity contribution in [3.63, 3.8) is 0 Å². The lowest BCUT2D eigenvalue weighted by Crippen LogP contribution is -2.56. The fourth-order valence-corrected chi connectivity index (χ4v) is 5.99. The molecule has 1 aliphatic carbocycles. The molecule has 0 unspecified atom stereocenters. The number of thioether (sulfide) groups is 1. The second-order valence-corrected chi connectivity index (χ2v) is 10.3. The molecule has 1 saturated carbocycles. The average molecular weight is 469 g/mol. The van der Waals surface area contributed by atoms with Crippen LogP contribution in [-0.4, -0.2) is 70.2 Å². The molecule has 8 nitrogen and oxygen atoms in total. The third kappa shape index (κ3) is 6.83. The molecule has 2 heterocycles. The highest BCUT2D eigenvalue weighted by molar-refractivity contribution is 8.01. The number of aromatic nitrogens is 1. The van der Waals surface area contributed by atoms with E-state index in [0.29, 0.717) is 18.3 Å². The molecule has 0 spiro atoms. The summed E-state index contributed by atoms with van der Waals surface area (Å²) in [7, 11) is 0. The van der Waals surface area contributed by atoms with Crippen LogP contribution >= 0.6 is 23.1 Å². The van der Waals surface area contributed by atoms with Gasteiger partial charge in [-0.3, -0.25) is 14.9 Å². The van der Waals surface area contributed by atoms with E-state index in [1.165, 1.54) is 29.5 Å². The number of ether oxygens (including phenoxy) is 1. The summed E-state index contributed by atoms with van der Waals surface area (Å²) in [4.78, 5) is 45.0. The predicted octanol–water partition coefficient (Wildman–Crippen LogP) is 3.98. The Bertz CT molecular complexity index is 766. The van der Waals surface area contributed by atoms with Crippen molar-refractivity contribution < 1.29 is 19.1 Å². The van der Waals surface area contributed by atoms with Crippen LogP contribution in [0.1, 0.15) is 58.8 Å². The van der Waals surface area contributed by atoms with Crippen LogP contribution < -0.4 is 5.32 Å². The second-order valence-electron chi connectivity index (χ2n) is 7.97. The van der Waals surface area contributed by atoms with E-state index >= 15 is 0 Å². The zero-order chi connectivity index (χ0) is 22.2. The van der Waals surface area contributed by atoms with Gasteiger partial charge < -0.3 is 14.5 Å². The number of carbonyl (C=O) groups is 3. The van der Waals surface area contributed by atoms with Crippen molar-refractivity contribution >= 4 is 46.1 Å². The first-order valence-electron chi connectivity index (χ1n) is 11.1. The van der Waals surface area contributed by atoms with Gasteiger partial charge in [0, 0.05) is 26.1 Å². The normalized spacial score (nSPS) is 19.7. The lowest BCUT2D eigenvalue weighted by molar-refractivity contribution is -0.139. The van der Waals surface area contributed by atoms with Gasteiger partial charge in [0.25, 0.3) is 0 Å². The van der Waals surface area contributed by atoms with Crippen LogP contribution in [0.2, 0.25) is 0 Å². The molecule has 172 valence electrons. The van der Waals surface area contributed by atoms with Gasteiger partial charge in [-0.25, -0.2) is 9.78 Å². The number of anilines is 1. The zero-order valence-corrected chi connectivity index (χ0v) is 19.9. The summed E-state index contributed by atoms with van der Waals surface area (Å²) >= 11 is 2.72. The Morgan fingerprint density at radius 1 is 1.23 bits per heavy atom. The molecule has 1 aliphatic heterocycles. The van der Waals surface area contributed by atoms with Crippen LogP contribution in [-0.2, 0) is 14.3 Å². The lowest BCUT2D eigenvalue weighted by Gasteiger charge is -2.43. The third-order valence-corrected chi connectivity index (χ3v) is 7.85. The molecule has 1 aromatic rings. The number of likely N-dealkylation sites (tertiary alicyclic amines) is 1. The molecule has 0 bridgehead atoms. The number of nitrogens with zero attached hydrogens (tertiary/aromatic N) is 3. The molecule has 2 aliphatic rings. The Balaban J connectivity index is 1.66. The van der Waals surface area contributed by atoms with E-state index in [1.54, 1.807) is 20.0 Å². The Morgan fingerprint density at radius 2 is 1.97 bits per heavy atom. The van der Waals surface area contributed by atoms with Crippen LogP contribution in [0, 0.1) is 0 Å². The van der Waals surface area contributed by atoms with Crippen LogP contribution in [0.5, 0.6) is 0 Å². The quantitative estimate of drug-likeness (QED) is 0.481. The molecule has 3 amide bonds. The number of nitrogens with one attached hydrogen (secondary N) is 1. The highest BCUT2D eigenvalue weighted by atomic mass is 32.2. The van der Waals surface area contributed by atoms with Crippen molar-refractivity contribution in [3.05, 3.63) is 6.20 Å². The third-order valence-electron chi connectivity index (χ3n) is 5.77. The monoisotopic (exact) mass is 468 g/mol. The maximum absolute atomic E-state index is 13.3. The summed E-state index contributed by atoms with van der Waals surface area (Å²) in [6.45, 7) is 5.10. The molecule has 0 aromatic carbocycles. The van der Waals surface area contributed by atoms with Crippen molar-refractivity contribution in [2.45, 2.75) is 75.1 Å². The minimum absolute atomic E-state index is 0.0263. The molecule has 31 heavy (non-hydrogen) atoms. The number of hydrogen-bond donors (Lipinski definition) is 1. The van der Waals surface area contributed by atoms with E-state index in [1.807, 2.05) is 9.80 Å². The zero-order valence-electron chi connectivity index (χ0n) is 18.3. The van der Waals surface area contributed by atoms with E-state index < -0.39 is 0 Å². The number of urea groups is 1. The van der Waals surface area contributed by atoms with Gasteiger partial charge in [0.2, 0.25) is 5.91 Å². The van der Waals surface area contributed by atoms with Crippen molar-refractivity contribution in [2.24, 2.45) is 0 Å². The first-order valence-corrected chi connectivity index (χ1v) is 12.9. The number of hydrogen-bond acceptors (Lipinski definition) is 7. The van der Waals surface area contributed by atoms with E-state index in [4.69, 9.17) is 4.74 Å². The second kappa shape index (κ2) is 11.7. The Kier molecular flexibility index (Phi) is 9.01. The fourth-order valence-electron chi connectivity index (χ4n) is 4.33. The number of carbonyl (C=O) groups excluding carboxylic acids is 3. The number of piperidine rings is 1. The molecule has 0 radical (unpaired) electrons. The van der Waals surface area contributed by atoms with Gasteiger partial charge >= 0.3 is 12.0 Å². The van der Waals surface area contributed by atoms with Crippen LogP contribution in [0.25, 0.3) is 0 Å². The number of amides is 3. The standard InChI is InChI=1S/C21H32N4O4S2/c1-3-29-18(27)14-30-19-12-22-20(31-19)23-21(28)25(16-8-5-4-6-9-16)17-10-7-11-24(13-17)15(2)26/h12,16-17H,3-11,13-14H2,1-2H3,(H,22,23,28)/t17-/m0/s1. The molecular formula is C21H32N4O4S2. The van der Waals surface area contributed by atoms with Crippen molar-refractivity contribution in [3.8, 4) is 0 Å². The van der Waals surface area contributed by atoms with Crippen LogP contribution in [0.15, 0.2) is 10.4 Å². The maximum Gasteiger partial charge on any atom is 0.324 e. The largest absolute Gasteiger partial charge is 0.465 e. The number of thiazole rings is 1. The summed E-state index contributed by atoms with van der Waals surface area (Å²) in [5.74, 6) is 0.0276. The van der Waals surface area contributed by atoms with E-state index in [-0.39, 0.29) is 35.7 Å². The fraction of sp³-hybridized carbons (Fsp3) is 0.714. The first-order chi connectivity index (χ1) is 15.0. The summed E-state index contributed by atoms with van der Waals surface area (Å²) in [6.07, 6.45) is 8.97. The lowest BCUT2D eigenvalue weighted by atomic mass is 9.92. The molecular weight excluding hydrogens is 436 g/mol. The highest BCUT2D eigenvalue weighted by Crippen LogP contribution is 2.31. The van der Waals surface area contributed by atoms with Gasteiger partial charge in [-0.1, -0.05) is 30.6 Å². The first kappa shape index (κ1) is 23.8. The van der Waals surface area contributed by atoms with Gasteiger partial charge in [0.15, 0.2) is 5.13 Å². The smallest absolute Gasteiger partial charge is 0.324 e. The minimum Gasteiger partial charge on any atom is -0.465 e. The van der Waals surface area contributed by atoms with Crippen molar-refractivity contribution in [1.29, 1.82) is 0 Å². The van der Waals surface area contributed by atoms with Crippen molar-refractivity contribution in [1.82, 2.24) is 14.8 Å². The Hall–Kier alpha value is -1.81. The molecule has 1 N–H and O–H groups in total. The average Bonchev–Trinajstić information content (AvgIpc) is 3.21. The van der Waals surface area contributed by atoms with Crippen LogP contribution in [0.3, 0.4) is 0 Å². The molecule has 3 rings (SSSR count). The Morgan fingerprint density at radius 3 is 2.68 bits per heavy atom. The summed E-state index contributed by atoms with van der Waals surface area (Å²) in [6, 6.07) is 0.0836. The summed E-state index contributed by atoms with van der Waals surface area (Å²) < 4.78 is 5.80. The van der Waals surface area contributed by atoms with E-state index in [0.717, 1.165) is 49.3 Å². The predicted molar refractivity (Wildman–Crippen MR) is 122 cm³/mol. The van der Waals surface area contributed by atoms with Crippen molar-refractivity contribution in [2.75, 3.05) is 30.8 Å². The molecule has 1 aromatic heterocycles. The van der Waals surface area contributed by atoms with Gasteiger partial charge in [-0.2, -0.15) is 0 Å². The molecule has 10 heteroatoms. The van der Waals surface area contributed by atoms with Gasteiger partial charge in [-0.15, -0.1) is 11.8 Å². The molecule has 1 atom stereocenters. The van der Waals surface area contributed by atoms with Gasteiger partial charge in [-0.05, 0) is 32.6 Å². The van der Waals surface area contributed by atoms with Gasteiger partial charge in [0.05, 0.1) is 28.8 Å². The SMILES string of the molecule is CCOC(=O)CSc1cnc(NC(=O)N(C2CCCCC2)[C@H]2CCCN(C(C)=O)C2)s1.